The maximum atomic E-state index is 5.66. The summed E-state index contributed by atoms with van der Waals surface area (Å²) in [6.45, 7) is 0.758. The molecule has 3 rings (SSSR count). The molecule has 0 N–H and O–H groups in total. The molecule has 0 radical (unpaired) electrons. The van der Waals surface area contributed by atoms with Crippen LogP contribution in [0, 0.1) is 4.64 Å². The highest BCUT2D eigenvalue weighted by Crippen LogP contribution is 2.21. The molecule has 0 unspecified atom stereocenters. The molecule has 2 nitrogen and oxygen atoms in total. The van der Waals surface area contributed by atoms with Crippen LogP contribution in [0.15, 0.2) is 59.8 Å². The molecule has 3 aromatic rings. The largest absolute Gasteiger partial charge is 0.307 e. The first kappa shape index (κ1) is 13.3. The van der Waals surface area contributed by atoms with Crippen molar-refractivity contribution in [3.8, 4) is 0 Å². The molecule has 0 aliphatic carbocycles. The van der Waals surface area contributed by atoms with Crippen LogP contribution >= 0.6 is 24.0 Å². The van der Waals surface area contributed by atoms with Crippen LogP contribution in [0.4, 0.5) is 0 Å². The van der Waals surface area contributed by atoms with E-state index in [4.69, 9.17) is 17.2 Å². The van der Waals surface area contributed by atoms with Gasteiger partial charge in [-0.1, -0.05) is 66.4 Å². The van der Waals surface area contributed by atoms with Crippen molar-refractivity contribution >= 4 is 34.9 Å². The number of para-hydroxylation sites is 1. The Morgan fingerprint density at radius 2 is 1.75 bits per heavy atom. The van der Waals surface area contributed by atoms with Gasteiger partial charge in [0.2, 0.25) is 0 Å². The Kier molecular flexibility index (Phi) is 3.85. The van der Waals surface area contributed by atoms with Crippen LogP contribution in [0.3, 0.4) is 0 Å². The standard InChI is InChI=1S/C16H14N2S2/c1-20-16-17-14-10-6-5-9-13(14)15(19)18(16)11-12-7-3-2-4-8-12/h2-10H,11H2,1H3. The van der Waals surface area contributed by atoms with Gasteiger partial charge >= 0.3 is 0 Å². The zero-order chi connectivity index (χ0) is 13.9. The zero-order valence-electron chi connectivity index (χ0n) is 11.1. The number of rotatable bonds is 3. The lowest BCUT2D eigenvalue weighted by molar-refractivity contribution is 0.674. The monoisotopic (exact) mass is 298 g/mol. The lowest BCUT2D eigenvalue weighted by atomic mass is 10.2. The molecule has 0 aliphatic rings. The summed E-state index contributed by atoms with van der Waals surface area (Å²) in [5, 5.41) is 1.99. The predicted molar refractivity (Wildman–Crippen MR) is 87.9 cm³/mol. The second-order valence-corrected chi connectivity index (χ2v) is 5.65. The van der Waals surface area contributed by atoms with Gasteiger partial charge in [0.15, 0.2) is 5.16 Å². The van der Waals surface area contributed by atoms with Gasteiger partial charge in [0, 0.05) is 5.39 Å². The minimum atomic E-state index is 0.758. The summed E-state index contributed by atoms with van der Waals surface area (Å²) in [5.41, 5.74) is 2.20. The average Bonchev–Trinajstić information content (AvgIpc) is 2.51. The fourth-order valence-corrected chi connectivity index (χ4v) is 3.16. The molecule has 0 spiro atoms. The molecule has 100 valence electrons. The van der Waals surface area contributed by atoms with Crippen molar-refractivity contribution in [2.75, 3.05) is 6.26 Å². The Bertz CT molecular complexity index is 794. The number of benzene rings is 2. The van der Waals surface area contributed by atoms with Gasteiger partial charge in [0.05, 0.1) is 12.1 Å². The highest BCUT2D eigenvalue weighted by atomic mass is 32.2. The number of fused-ring (bicyclic) bond motifs is 1. The fraction of sp³-hybridized carbons (Fsp3) is 0.125. The van der Waals surface area contributed by atoms with Crippen molar-refractivity contribution in [1.82, 2.24) is 9.55 Å². The molecular formula is C16H14N2S2. The van der Waals surface area contributed by atoms with Crippen molar-refractivity contribution in [2.45, 2.75) is 11.7 Å². The smallest absolute Gasteiger partial charge is 0.169 e. The molecule has 0 bridgehead atoms. The van der Waals surface area contributed by atoms with Crippen LogP contribution in [0.5, 0.6) is 0 Å². The molecule has 4 heteroatoms. The Balaban J connectivity index is 2.18. The average molecular weight is 298 g/mol. The van der Waals surface area contributed by atoms with E-state index < -0.39 is 0 Å². The predicted octanol–water partition coefficient (Wildman–Crippen LogP) is 4.54. The number of hydrogen-bond acceptors (Lipinski definition) is 3. The summed E-state index contributed by atoms with van der Waals surface area (Å²) >= 11 is 7.29. The van der Waals surface area contributed by atoms with E-state index >= 15 is 0 Å². The number of nitrogens with zero attached hydrogens (tertiary/aromatic N) is 2. The number of thioether (sulfide) groups is 1. The zero-order valence-corrected chi connectivity index (χ0v) is 12.7. The first-order valence-corrected chi connectivity index (χ1v) is 8.00. The summed E-state index contributed by atoms with van der Waals surface area (Å²) in [7, 11) is 0. The van der Waals surface area contributed by atoms with Crippen molar-refractivity contribution in [2.24, 2.45) is 0 Å². The van der Waals surface area contributed by atoms with E-state index in [1.807, 2.05) is 48.7 Å². The molecule has 0 atom stereocenters. The first-order chi connectivity index (χ1) is 9.79. The van der Waals surface area contributed by atoms with Crippen LogP contribution in [-0.2, 0) is 6.54 Å². The third kappa shape index (κ3) is 2.49. The summed E-state index contributed by atoms with van der Waals surface area (Å²) < 4.78 is 2.96. The maximum absolute atomic E-state index is 5.66. The van der Waals surface area contributed by atoms with Crippen LogP contribution in [0.25, 0.3) is 10.9 Å². The number of hydrogen-bond donors (Lipinski definition) is 0. The van der Waals surface area contributed by atoms with Crippen molar-refractivity contribution in [3.63, 3.8) is 0 Å². The summed E-state index contributed by atoms with van der Waals surface area (Å²) in [5.74, 6) is 0. The molecule has 0 fully saturated rings. The van der Waals surface area contributed by atoms with E-state index in [-0.39, 0.29) is 0 Å². The maximum Gasteiger partial charge on any atom is 0.169 e. The van der Waals surface area contributed by atoms with Gasteiger partial charge in [-0.05, 0) is 24.0 Å². The van der Waals surface area contributed by atoms with Crippen molar-refractivity contribution < 1.29 is 0 Å². The Morgan fingerprint density at radius 3 is 2.50 bits per heavy atom. The summed E-state index contributed by atoms with van der Waals surface area (Å²) in [6, 6.07) is 18.4. The van der Waals surface area contributed by atoms with Gasteiger partial charge in [0.25, 0.3) is 0 Å². The molecule has 0 aliphatic heterocycles. The minimum Gasteiger partial charge on any atom is -0.307 e. The topological polar surface area (TPSA) is 17.8 Å². The van der Waals surface area contributed by atoms with Gasteiger partial charge < -0.3 is 4.57 Å². The van der Waals surface area contributed by atoms with Crippen molar-refractivity contribution in [3.05, 3.63) is 64.8 Å². The lowest BCUT2D eigenvalue weighted by Crippen LogP contribution is -2.07. The van der Waals surface area contributed by atoms with E-state index in [0.29, 0.717) is 0 Å². The Hall–Kier alpha value is -1.65. The van der Waals surface area contributed by atoms with Crippen LogP contribution in [-0.4, -0.2) is 15.8 Å². The molecule has 0 saturated carbocycles. The van der Waals surface area contributed by atoms with Gasteiger partial charge in [-0.2, -0.15) is 0 Å². The first-order valence-electron chi connectivity index (χ1n) is 6.37. The summed E-state index contributed by atoms with van der Waals surface area (Å²) in [4.78, 5) is 4.71. The second kappa shape index (κ2) is 5.77. The molecule has 0 saturated heterocycles. The molecule has 0 amide bonds. The third-order valence-corrected chi connectivity index (χ3v) is 4.31. The highest BCUT2D eigenvalue weighted by molar-refractivity contribution is 7.98. The quantitative estimate of drug-likeness (QED) is 0.402. The van der Waals surface area contributed by atoms with Gasteiger partial charge in [0.1, 0.15) is 4.64 Å². The van der Waals surface area contributed by atoms with E-state index in [2.05, 4.69) is 16.7 Å². The van der Waals surface area contributed by atoms with E-state index in [1.54, 1.807) is 11.8 Å². The summed E-state index contributed by atoms with van der Waals surface area (Å²) in [6.07, 6.45) is 2.04. The second-order valence-electron chi connectivity index (χ2n) is 4.49. The number of aromatic nitrogens is 2. The fourth-order valence-electron chi connectivity index (χ4n) is 2.21. The third-order valence-electron chi connectivity index (χ3n) is 3.19. The van der Waals surface area contributed by atoms with Gasteiger partial charge in [-0.25, -0.2) is 4.98 Å². The normalized spacial score (nSPS) is 10.8. The van der Waals surface area contributed by atoms with Gasteiger partial charge in [-0.15, -0.1) is 0 Å². The molecule has 1 heterocycles. The highest BCUT2D eigenvalue weighted by Gasteiger charge is 2.07. The molecular weight excluding hydrogens is 284 g/mol. The van der Waals surface area contributed by atoms with Crippen LogP contribution in [0.2, 0.25) is 0 Å². The van der Waals surface area contributed by atoms with Crippen LogP contribution < -0.4 is 0 Å². The van der Waals surface area contributed by atoms with E-state index in [9.17, 15) is 0 Å². The van der Waals surface area contributed by atoms with Gasteiger partial charge in [-0.3, -0.25) is 0 Å². The van der Waals surface area contributed by atoms with E-state index in [1.165, 1.54) is 5.56 Å². The minimum absolute atomic E-state index is 0.758. The van der Waals surface area contributed by atoms with Crippen LogP contribution in [0.1, 0.15) is 5.56 Å². The van der Waals surface area contributed by atoms with E-state index in [0.717, 1.165) is 27.2 Å². The Morgan fingerprint density at radius 1 is 1.05 bits per heavy atom. The lowest BCUT2D eigenvalue weighted by Gasteiger charge is -2.13. The Labute approximate surface area is 127 Å². The van der Waals surface area contributed by atoms with Crippen molar-refractivity contribution in [1.29, 1.82) is 0 Å². The SMILES string of the molecule is CSc1nc2ccccc2c(=S)n1Cc1ccccc1. The molecule has 1 aromatic heterocycles. The molecule has 2 aromatic carbocycles. The molecule has 20 heavy (non-hydrogen) atoms.